The fourth-order valence-corrected chi connectivity index (χ4v) is 7.49. The highest BCUT2D eigenvalue weighted by Crippen LogP contribution is 2.42. The van der Waals surface area contributed by atoms with E-state index in [-0.39, 0.29) is 28.6 Å². The van der Waals surface area contributed by atoms with Crippen LogP contribution in [0, 0.1) is 0 Å². The highest BCUT2D eigenvalue weighted by molar-refractivity contribution is 7.91. The van der Waals surface area contributed by atoms with Gasteiger partial charge in [-0.2, -0.15) is 35.5 Å². The van der Waals surface area contributed by atoms with Crippen LogP contribution in [0.25, 0.3) is 17.2 Å². The van der Waals surface area contributed by atoms with Gasteiger partial charge in [-0.05, 0) is 89.5 Å². The molecule has 2 aliphatic rings. The molecular weight excluding hydrogens is 849 g/mol. The highest BCUT2D eigenvalue weighted by atomic mass is 32.2. The van der Waals surface area contributed by atoms with Gasteiger partial charge in [0.1, 0.15) is 38.4 Å². The standard InChI is InChI=1S/C36H30N8O13S3/c1-56-28-13-18(3-10-26(28)41-40-25-12-7-22(45)17-24(25)37)19-4-11-27(29(14-19)57-2)42-43-34-30(59(50,51)52)15-20-16-31(60(53,54)55)35(36(46)32(20)33(34)38)44-39-21-5-8-23(9-6-21)58(47,48)49/h3-17,39,41H,37-38H2,1-2H3,(H,47,48,49)(H,50,51,52)(H,53,54,55). The number of anilines is 3. The van der Waals surface area contributed by atoms with Gasteiger partial charge in [-0.1, -0.05) is 12.1 Å². The number of carbonyl (C=O) groups excluding carboxylic acids is 2. The number of methoxy groups -OCH3 is 2. The molecule has 0 aliphatic heterocycles. The Kier molecular flexibility index (Phi) is 11.5. The molecule has 0 radical (unpaired) electrons. The summed E-state index contributed by atoms with van der Waals surface area (Å²) in [5.74, 6) is -1.01. The molecule has 0 saturated carbocycles. The third kappa shape index (κ3) is 8.97. The summed E-state index contributed by atoms with van der Waals surface area (Å²) < 4.78 is 113. The number of carbonyl (C=O) groups is 2. The SMILES string of the molecule is COc1cc(-c2ccc(NN=C3C=CC(=O)C=C3N)c(OC)c2)ccc1N=Nc1c(S(=O)(=O)O)cc2c(c1N)C(=O)C(=NNc1ccc(S(=O)(=O)O)cc1)C(S(=O)(=O)O)=C2. The Hall–Kier alpha value is -7.09. The minimum atomic E-state index is -5.23. The molecule has 310 valence electrons. The van der Waals surface area contributed by atoms with Crippen molar-refractivity contribution in [2.45, 2.75) is 9.79 Å². The van der Waals surface area contributed by atoms with Crippen LogP contribution < -0.4 is 31.8 Å². The summed E-state index contributed by atoms with van der Waals surface area (Å²) in [6.07, 6.45) is 4.72. The summed E-state index contributed by atoms with van der Waals surface area (Å²) in [4.78, 5) is 22.8. The second kappa shape index (κ2) is 16.3. The van der Waals surface area contributed by atoms with E-state index >= 15 is 0 Å². The smallest absolute Gasteiger partial charge is 0.296 e. The van der Waals surface area contributed by atoms with Gasteiger partial charge in [0.25, 0.3) is 30.4 Å². The molecule has 9 N–H and O–H groups in total. The van der Waals surface area contributed by atoms with Crippen molar-refractivity contribution in [3.63, 3.8) is 0 Å². The molecule has 21 nitrogen and oxygen atoms in total. The lowest BCUT2D eigenvalue weighted by Gasteiger charge is -2.20. The number of nitrogens with one attached hydrogen (secondary N) is 2. The number of hydrogen-bond acceptors (Lipinski definition) is 18. The Morgan fingerprint density at radius 3 is 1.93 bits per heavy atom. The van der Waals surface area contributed by atoms with E-state index in [9.17, 15) is 48.5 Å². The predicted octanol–water partition coefficient (Wildman–Crippen LogP) is 4.50. The van der Waals surface area contributed by atoms with Crippen molar-refractivity contribution in [3.05, 3.63) is 107 Å². The van der Waals surface area contributed by atoms with Gasteiger partial charge in [0, 0.05) is 6.08 Å². The number of nitrogens with zero attached hydrogens (tertiary/aromatic N) is 4. The lowest BCUT2D eigenvalue weighted by atomic mass is 9.92. The molecule has 24 heteroatoms. The Balaban J connectivity index is 1.35. The number of Topliss-reactive ketones (excluding diaryl/α,β-unsaturated/α-hetero) is 1. The van der Waals surface area contributed by atoms with E-state index in [0.29, 0.717) is 40.4 Å². The zero-order valence-corrected chi connectivity index (χ0v) is 33.2. The molecule has 0 unspecified atom stereocenters. The van der Waals surface area contributed by atoms with Crippen molar-refractivity contribution >= 4 is 87.9 Å². The van der Waals surface area contributed by atoms with Crippen molar-refractivity contribution in [3.8, 4) is 22.6 Å². The Morgan fingerprint density at radius 1 is 0.683 bits per heavy atom. The van der Waals surface area contributed by atoms with Crippen LogP contribution in [0.5, 0.6) is 11.5 Å². The Morgan fingerprint density at radius 2 is 1.33 bits per heavy atom. The van der Waals surface area contributed by atoms with E-state index in [4.69, 9.17) is 20.9 Å². The van der Waals surface area contributed by atoms with Gasteiger partial charge < -0.3 is 20.9 Å². The van der Waals surface area contributed by atoms with Crippen molar-refractivity contribution in [2.24, 2.45) is 26.2 Å². The van der Waals surface area contributed by atoms with Gasteiger partial charge in [-0.15, -0.1) is 10.2 Å². The molecule has 4 aromatic rings. The third-order valence-electron chi connectivity index (χ3n) is 8.57. The number of ketones is 2. The van der Waals surface area contributed by atoms with E-state index in [1.807, 2.05) is 0 Å². The fraction of sp³-hybridized carbons (Fsp3) is 0.0556. The molecule has 0 saturated heterocycles. The van der Waals surface area contributed by atoms with Crippen LogP contribution in [0.15, 0.2) is 126 Å². The first-order valence-electron chi connectivity index (χ1n) is 16.6. The van der Waals surface area contributed by atoms with E-state index in [2.05, 4.69) is 31.3 Å². The van der Waals surface area contributed by atoms with Crippen LogP contribution in [0.1, 0.15) is 15.9 Å². The molecule has 0 bridgehead atoms. The van der Waals surface area contributed by atoms with Gasteiger partial charge in [-0.25, -0.2) is 0 Å². The zero-order chi connectivity index (χ0) is 43.7. The van der Waals surface area contributed by atoms with E-state index in [0.717, 1.165) is 24.3 Å². The molecule has 0 atom stereocenters. The maximum atomic E-state index is 13.8. The van der Waals surface area contributed by atoms with Crippen LogP contribution in [-0.4, -0.2) is 76.1 Å². The minimum absolute atomic E-state index is 0.00247. The number of fused-ring (bicyclic) bond motifs is 1. The molecular formula is C36H30N8O13S3. The summed E-state index contributed by atoms with van der Waals surface area (Å²) in [5.41, 5.74) is 16.3. The number of ether oxygens (including phenoxy) is 2. The van der Waals surface area contributed by atoms with Gasteiger partial charge in [0.2, 0.25) is 5.78 Å². The quantitative estimate of drug-likeness (QED) is 0.0338. The number of benzene rings is 4. The highest BCUT2D eigenvalue weighted by Gasteiger charge is 2.37. The monoisotopic (exact) mass is 878 g/mol. The first-order valence-corrected chi connectivity index (χ1v) is 20.9. The second-order valence-electron chi connectivity index (χ2n) is 12.4. The normalized spacial score (nSPS) is 15.8. The van der Waals surface area contributed by atoms with Gasteiger partial charge in [-0.3, -0.25) is 34.1 Å². The fourth-order valence-electron chi connectivity index (χ4n) is 5.68. The van der Waals surface area contributed by atoms with Crippen LogP contribution in [0.3, 0.4) is 0 Å². The first-order chi connectivity index (χ1) is 28.2. The van der Waals surface area contributed by atoms with Crippen LogP contribution >= 0.6 is 0 Å². The third-order valence-corrected chi connectivity index (χ3v) is 11.2. The number of nitrogen functional groups attached to an aromatic ring is 1. The average molecular weight is 879 g/mol. The second-order valence-corrected chi connectivity index (χ2v) is 16.6. The largest absolute Gasteiger partial charge is 0.494 e. The number of hydrogen-bond donors (Lipinski definition) is 7. The maximum Gasteiger partial charge on any atom is 0.296 e. The first kappa shape index (κ1) is 42.5. The van der Waals surface area contributed by atoms with E-state index in [1.54, 1.807) is 30.3 Å². The number of azo groups is 1. The van der Waals surface area contributed by atoms with Crippen molar-refractivity contribution in [1.29, 1.82) is 0 Å². The van der Waals surface area contributed by atoms with Crippen LogP contribution in [0.2, 0.25) is 0 Å². The van der Waals surface area contributed by atoms with Crippen molar-refractivity contribution in [1.82, 2.24) is 0 Å². The molecule has 60 heavy (non-hydrogen) atoms. The lowest BCUT2D eigenvalue weighted by molar-refractivity contribution is -0.110. The number of nitrogens with two attached hydrogens (primary N) is 2. The molecule has 0 heterocycles. The number of allylic oxidation sites excluding steroid dienone is 4. The maximum absolute atomic E-state index is 13.8. The molecule has 0 fully saturated rings. The minimum Gasteiger partial charge on any atom is -0.494 e. The molecule has 0 spiro atoms. The van der Waals surface area contributed by atoms with Crippen molar-refractivity contribution < 1.29 is 58.0 Å². The summed E-state index contributed by atoms with van der Waals surface area (Å²) in [6.45, 7) is 0. The van der Waals surface area contributed by atoms with Crippen LogP contribution in [0.4, 0.5) is 28.4 Å². The molecule has 0 amide bonds. The molecule has 4 aromatic carbocycles. The van der Waals surface area contributed by atoms with Gasteiger partial charge in [0.15, 0.2) is 11.5 Å². The molecule has 0 aromatic heterocycles. The lowest BCUT2D eigenvalue weighted by Crippen LogP contribution is -2.28. The average Bonchev–Trinajstić information content (AvgIpc) is 3.18. The van der Waals surface area contributed by atoms with Gasteiger partial charge in [0.05, 0.1) is 47.4 Å². The summed E-state index contributed by atoms with van der Waals surface area (Å²) >= 11 is 0. The Bertz CT molecular complexity index is 3030. The van der Waals surface area contributed by atoms with E-state index in [1.165, 1.54) is 38.5 Å². The topological polar surface area (TPSA) is 341 Å². The summed E-state index contributed by atoms with van der Waals surface area (Å²) in [7, 11) is -12.2. The predicted molar refractivity (Wildman–Crippen MR) is 218 cm³/mol. The zero-order valence-electron chi connectivity index (χ0n) is 30.8. The van der Waals surface area contributed by atoms with Crippen molar-refractivity contribution in [2.75, 3.05) is 30.8 Å². The summed E-state index contributed by atoms with van der Waals surface area (Å²) in [6, 6.07) is 14.7. The number of rotatable bonds is 12. The van der Waals surface area contributed by atoms with Crippen LogP contribution in [-0.2, 0) is 35.1 Å². The summed E-state index contributed by atoms with van der Waals surface area (Å²) in [5, 5.41) is 16.0. The molecule has 2 aliphatic carbocycles. The van der Waals surface area contributed by atoms with E-state index < -0.39 is 79.0 Å². The Labute approximate surface area is 340 Å². The van der Waals surface area contributed by atoms with Gasteiger partial charge >= 0.3 is 0 Å². The number of hydrazone groups is 2. The molecule has 6 rings (SSSR count).